The Balaban J connectivity index is 1.66. The number of unbranched alkanes of at least 4 members (excludes halogenated alkanes) is 1. The summed E-state index contributed by atoms with van der Waals surface area (Å²) in [5.41, 5.74) is 0. The Kier molecular flexibility index (Phi) is 4.44. The molecule has 0 aliphatic heterocycles. The van der Waals surface area contributed by atoms with Gasteiger partial charge in [0.1, 0.15) is 5.01 Å². The first kappa shape index (κ1) is 14.3. The van der Waals surface area contributed by atoms with E-state index in [-0.39, 0.29) is 18.7 Å². The number of nitrogens with zero attached hydrogens (tertiary/aromatic N) is 2. The maximum absolute atomic E-state index is 12.6. The van der Waals surface area contributed by atoms with Crippen LogP contribution in [-0.2, 0) is 4.79 Å². The van der Waals surface area contributed by atoms with E-state index in [1.54, 1.807) is 0 Å². The highest BCUT2D eigenvalue weighted by molar-refractivity contribution is 7.15. The van der Waals surface area contributed by atoms with E-state index in [4.69, 9.17) is 0 Å². The number of hydrogen-bond acceptors (Lipinski definition) is 4. The summed E-state index contributed by atoms with van der Waals surface area (Å²) in [4.78, 5) is 11.6. The van der Waals surface area contributed by atoms with E-state index in [0.717, 1.165) is 24.8 Å². The minimum Gasteiger partial charge on any atom is -0.301 e. The number of nitrogens with one attached hydrogen (secondary N) is 1. The average molecular weight is 289 g/mol. The van der Waals surface area contributed by atoms with Crippen molar-refractivity contribution in [1.82, 2.24) is 10.2 Å². The van der Waals surface area contributed by atoms with Crippen LogP contribution >= 0.6 is 11.3 Å². The van der Waals surface area contributed by atoms with Crippen molar-refractivity contribution in [3.8, 4) is 0 Å². The molecular weight excluding hydrogens is 272 g/mol. The summed E-state index contributed by atoms with van der Waals surface area (Å²) in [5, 5.41) is 12.1. The minimum absolute atomic E-state index is 0.176. The molecule has 0 saturated heterocycles. The highest BCUT2D eigenvalue weighted by Gasteiger charge is 2.27. The molecule has 1 saturated carbocycles. The zero-order valence-electron chi connectivity index (χ0n) is 10.8. The van der Waals surface area contributed by atoms with Crippen LogP contribution in [0.3, 0.4) is 0 Å². The lowest BCUT2D eigenvalue weighted by molar-refractivity contribution is -0.116. The van der Waals surface area contributed by atoms with E-state index in [1.807, 2.05) is 0 Å². The summed E-state index contributed by atoms with van der Waals surface area (Å²) >= 11 is 1.40. The van der Waals surface area contributed by atoms with Gasteiger partial charge in [-0.05, 0) is 32.6 Å². The Morgan fingerprint density at radius 1 is 1.42 bits per heavy atom. The third-order valence-electron chi connectivity index (χ3n) is 2.88. The Labute approximate surface area is 114 Å². The number of hydrogen-bond donors (Lipinski definition) is 1. The third-order valence-corrected chi connectivity index (χ3v) is 3.88. The quantitative estimate of drug-likeness (QED) is 0.781. The summed E-state index contributed by atoms with van der Waals surface area (Å²) in [6.45, 7) is 0.897. The maximum Gasteiger partial charge on any atom is 0.245 e. The lowest BCUT2D eigenvalue weighted by Crippen LogP contribution is -2.12. The monoisotopic (exact) mass is 289 g/mol. The summed E-state index contributed by atoms with van der Waals surface area (Å²) in [5.74, 6) is -2.30. The molecule has 0 spiro atoms. The van der Waals surface area contributed by atoms with Crippen molar-refractivity contribution >= 4 is 22.4 Å². The van der Waals surface area contributed by atoms with Crippen LogP contribution in [0.5, 0.6) is 0 Å². The van der Waals surface area contributed by atoms with Crippen LogP contribution in [0, 0.1) is 0 Å². The van der Waals surface area contributed by atoms with Gasteiger partial charge in [0.2, 0.25) is 17.0 Å². The van der Waals surface area contributed by atoms with E-state index in [2.05, 4.69) is 15.5 Å². The number of carbonyl (C=O) groups excluding carboxylic acids is 1. The number of amides is 1. The second-order valence-corrected chi connectivity index (χ2v) is 6.05. The van der Waals surface area contributed by atoms with Crippen molar-refractivity contribution in [2.24, 2.45) is 0 Å². The van der Waals surface area contributed by atoms with Crippen molar-refractivity contribution in [2.45, 2.75) is 57.3 Å². The molecule has 1 aliphatic rings. The van der Waals surface area contributed by atoms with Crippen molar-refractivity contribution in [2.75, 3.05) is 5.32 Å². The number of halogens is 2. The molecule has 1 heterocycles. The van der Waals surface area contributed by atoms with Gasteiger partial charge in [-0.2, -0.15) is 0 Å². The molecule has 0 unspecified atom stereocenters. The molecule has 1 N–H and O–H groups in total. The standard InChI is InChI=1S/C12H17F2N3OS/c1-12(13,14)7-3-2-4-9(18)15-11-17-16-10(19-11)8-5-6-8/h8H,2-7H2,1H3,(H,15,17,18). The van der Waals surface area contributed by atoms with Crippen LogP contribution < -0.4 is 5.32 Å². The highest BCUT2D eigenvalue weighted by Crippen LogP contribution is 2.42. The predicted octanol–water partition coefficient (Wildman–Crippen LogP) is 3.57. The molecule has 0 atom stereocenters. The van der Waals surface area contributed by atoms with Crippen LogP contribution in [0.1, 0.15) is 56.4 Å². The molecule has 2 rings (SSSR count). The van der Waals surface area contributed by atoms with E-state index in [1.165, 1.54) is 11.3 Å². The lowest BCUT2D eigenvalue weighted by Gasteiger charge is -2.08. The van der Waals surface area contributed by atoms with Gasteiger partial charge in [-0.15, -0.1) is 10.2 Å². The second kappa shape index (κ2) is 5.90. The second-order valence-electron chi connectivity index (χ2n) is 5.05. The fourth-order valence-electron chi connectivity index (χ4n) is 1.68. The molecule has 1 aliphatic carbocycles. The molecular formula is C12H17F2N3OS. The van der Waals surface area contributed by atoms with Crippen LogP contribution in [0.2, 0.25) is 0 Å². The zero-order valence-corrected chi connectivity index (χ0v) is 11.6. The largest absolute Gasteiger partial charge is 0.301 e. The highest BCUT2D eigenvalue weighted by atomic mass is 32.1. The van der Waals surface area contributed by atoms with Crippen molar-refractivity contribution in [3.05, 3.63) is 5.01 Å². The van der Waals surface area contributed by atoms with E-state index in [9.17, 15) is 13.6 Å². The fourth-order valence-corrected chi connectivity index (χ4v) is 2.61. The summed E-state index contributed by atoms with van der Waals surface area (Å²) in [7, 11) is 0. The van der Waals surface area contributed by atoms with Crippen LogP contribution in [0.15, 0.2) is 0 Å². The first-order valence-corrected chi connectivity index (χ1v) is 7.27. The first-order valence-electron chi connectivity index (χ1n) is 6.45. The Morgan fingerprint density at radius 2 is 2.16 bits per heavy atom. The Hall–Kier alpha value is -1.11. The fraction of sp³-hybridized carbons (Fsp3) is 0.750. The molecule has 1 aromatic rings. The Morgan fingerprint density at radius 3 is 2.79 bits per heavy atom. The van der Waals surface area contributed by atoms with Crippen molar-refractivity contribution in [1.29, 1.82) is 0 Å². The molecule has 1 aromatic heterocycles. The number of alkyl halides is 2. The van der Waals surface area contributed by atoms with Gasteiger partial charge >= 0.3 is 0 Å². The van der Waals surface area contributed by atoms with Crippen LogP contribution in [0.4, 0.5) is 13.9 Å². The molecule has 4 nitrogen and oxygen atoms in total. The molecule has 1 fully saturated rings. The molecule has 106 valence electrons. The van der Waals surface area contributed by atoms with E-state index < -0.39 is 5.92 Å². The SMILES string of the molecule is CC(F)(F)CCCCC(=O)Nc1nnc(C2CC2)s1. The van der Waals surface area contributed by atoms with Gasteiger partial charge in [-0.25, -0.2) is 8.78 Å². The predicted molar refractivity (Wildman–Crippen MR) is 69.6 cm³/mol. The third kappa shape index (κ3) is 5.18. The average Bonchev–Trinajstić information content (AvgIpc) is 3.05. The van der Waals surface area contributed by atoms with Gasteiger partial charge in [0.15, 0.2) is 0 Å². The maximum atomic E-state index is 12.6. The molecule has 0 bridgehead atoms. The minimum atomic E-state index is -2.64. The zero-order chi connectivity index (χ0) is 13.9. The van der Waals surface area contributed by atoms with Gasteiger partial charge in [0, 0.05) is 18.8 Å². The van der Waals surface area contributed by atoms with Crippen LogP contribution in [-0.4, -0.2) is 22.0 Å². The van der Waals surface area contributed by atoms with Crippen molar-refractivity contribution < 1.29 is 13.6 Å². The van der Waals surface area contributed by atoms with E-state index >= 15 is 0 Å². The topological polar surface area (TPSA) is 54.9 Å². The molecule has 19 heavy (non-hydrogen) atoms. The Bertz CT molecular complexity index is 440. The van der Waals surface area contributed by atoms with Gasteiger partial charge in [-0.1, -0.05) is 11.3 Å². The number of anilines is 1. The van der Waals surface area contributed by atoms with Gasteiger partial charge < -0.3 is 5.32 Å². The van der Waals surface area contributed by atoms with Gasteiger partial charge in [0.25, 0.3) is 0 Å². The first-order chi connectivity index (χ1) is 8.94. The van der Waals surface area contributed by atoms with Crippen LogP contribution in [0.25, 0.3) is 0 Å². The molecule has 0 aromatic carbocycles. The number of rotatable bonds is 7. The number of carbonyl (C=O) groups is 1. The van der Waals surface area contributed by atoms with E-state index in [0.29, 0.717) is 23.9 Å². The van der Waals surface area contributed by atoms with Gasteiger partial charge in [-0.3, -0.25) is 4.79 Å². The molecule has 1 amide bonds. The normalized spacial score (nSPS) is 15.5. The van der Waals surface area contributed by atoms with Crippen molar-refractivity contribution in [3.63, 3.8) is 0 Å². The van der Waals surface area contributed by atoms with Gasteiger partial charge in [0.05, 0.1) is 0 Å². The molecule has 7 heteroatoms. The molecule has 0 radical (unpaired) electrons. The summed E-state index contributed by atoms with van der Waals surface area (Å²) in [6, 6.07) is 0. The smallest absolute Gasteiger partial charge is 0.245 e. The summed E-state index contributed by atoms with van der Waals surface area (Å²) in [6.07, 6.45) is 3.17. The lowest BCUT2D eigenvalue weighted by atomic mass is 10.1. The summed E-state index contributed by atoms with van der Waals surface area (Å²) < 4.78 is 25.1. The number of aromatic nitrogens is 2.